The summed E-state index contributed by atoms with van der Waals surface area (Å²) in [6.07, 6.45) is 4.75. The largest absolute Gasteiger partial charge is 0.496 e. The average molecular weight is 328 g/mol. The zero-order chi connectivity index (χ0) is 13.9. The first-order chi connectivity index (χ1) is 9.16. The number of rotatable bonds is 5. The Morgan fingerprint density at radius 1 is 1.26 bits per heavy atom. The van der Waals surface area contributed by atoms with Crippen molar-refractivity contribution in [3.63, 3.8) is 0 Å². The smallest absolute Gasteiger partial charge is 0.124 e. The van der Waals surface area contributed by atoms with Gasteiger partial charge in [0.25, 0.3) is 0 Å². The third-order valence-corrected chi connectivity index (χ3v) is 4.61. The number of benzene rings is 1. The predicted octanol–water partition coefficient (Wildman–Crippen LogP) is 3.37. The van der Waals surface area contributed by atoms with Crippen molar-refractivity contribution in [2.45, 2.75) is 37.7 Å². The molecule has 0 radical (unpaired) electrons. The van der Waals surface area contributed by atoms with E-state index in [0.717, 1.165) is 23.1 Å². The molecule has 19 heavy (non-hydrogen) atoms. The van der Waals surface area contributed by atoms with Crippen LogP contribution in [0.2, 0.25) is 0 Å². The lowest BCUT2D eigenvalue weighted by Crippen LogP contribution is -2.33. The average Bonchev–Trinajstić information content (AvgIpc) is 2.88. The van der Waals surface area contributed by atoms with Gasteiger partial charge < -0.3 is 15.2 Å². The Balaban J connectivity index is 2.57. The van der Waals surface area contributed by atoms with Crippen molar-refractivity contribution in [3.05, 3.63) is 27.7 Å². The van der Waals surface area contributed by atoms with E-state index in [1.54, 1.807) is 14.2 Å². The summed E-state index contributed by atoms with van der Waals surface area (Å²) >= 11 is 3.54. The van der Waals surface area contributed by atoms with Crippen molar-refractivity contribution in [2.75, 3.05) is 20.8 Å². The number of hydrogen-bond acceptors (Lipinski definition) is 3. The Kier molecular flexibility index (Phi) is 4.87. The van der Waals surface area contributed by atoms with Crippen LogP contribution in [-0.4, -0.2) is 20.8 Å². The van der Waals surface area contributed by atoms with Crippen LogP contribution < -0.4 is 10.5 Å². The molecule has 0 aromatic heterocycles. The van der Waals surface area contributed by atoms with Gasteiger partial charge in [0.2, 0.25) is 0 Å². The Hall–Kier alpha value is -0.580. The summed E-state index contributed by atoms with van der Waals surface area (Å²) in [5, 5.41) is 0. The van der Waals surface area contributed by atoms with Gasteiger partial charge in [0.15, 0.2) is 0 Å². The second-order valence-electron chi connectivity index (χ2n) is 5.27. The number of halogens is 1. The van der Waals surface area contributed by atoms with Crippen molar-refractivity contribution in [1.29, 1.82) is 0 Å². The molecule has 1 aromatic rings. The third-order valence-electron chi connectivity index (χ3n) is 4.15. The Bertz CT molecular complexity index is 442. The molecule has 2 N–H and O–H groups in total. The maximum atomic E-state index is 6.12. The van der Waals surface area contributed by atoms with Crippen LogP contribution in [0.25, 0.3) is 0 Å². The molecule has 0 aliphatic heterocycles. The molecule has 3 nitrogen and oxygen atoms in total. The van der Waals surface area contributed by atoms with Crippen molar-refractivity contribution in [1.82, 2.24) is 0 Å². The lowest BCUT2D eigenvalue weighted by atomic mass is 9.76. The van der Waals surface area contributed by atoms with E-state index in [4.69, 9.17) is 15.2 Å². The maximum Gasteiger partial charge on any atom is 0.124 e. The van der Waals surface area contributed by atoms with E-state index in [1.165, 1.54) is 24.0 Å². The molecule has 0 heterocycles. The summed E-state index contributed by atoms with van der Waals surface area (Å²) in [5.74, 6) is 0.925. The molecule has 0 amide bonds. The van der Waals surface area contributed by atoms with Gasteiger partial charge in [0, 0.05) is 29.1 Å². The minimum atomic E-state index is 0.0555. The fourth-order valence-electron chi connectivity index (χ4n) is 3.28. The van der Waals surface area contributed by atoms with Gasteiger partial charge in [0.1, 0.15) is 5.75 Å². The van der Waals surface area contributed by atoms with Gasteiger partial charge in [-0.3, -0.25) is 0 Å². The van der Waals surface area contributed by atoms with Gasteiger partial charge in [-0.05, 0) is 30.5 Å². The van der Waals surface area contributed by atoms with Crippen LogP contribution in [0.3, 0.4) is 0 Å². The zero-order valence-corrected chi connectivity index (χ0v) is 13.3. The van der Waals surface area contributed by atoms with Gasteiger partial charge >= 0.3 is 0 Å². The third kappa shape index (κ3) is 2.81. The molecule has 0 atom stereocenters. The summed E-state index contributed by atoms with van der Waals surface area (Å²) in [7, 11) is 3.45. The first-order valence-electron chi connectivity index (χ1n) is 6.73. The minimum Gasteiger partial charge on any atom is -0.496 e. The highest BCUT2D eigenvalue weighted by Gasteiger charge is 2.38. The maximum absolute atomic E-state index is 6.12. The predicted molar refractivity (Wildman–Crippen MR) is 80.6 cm³/mol. The highest BCUT2D eigenvalue weighted by atomic mass is 79.9. The Morgan fingerprint density at radius 3 is 2.47 bits per heavy atom. The van der Waals surface area contributed by atoms with Crippen LogP contribution in [-0.2, 0) is 16.8 Å². The van der Waals surface area contributed by atoms with E-state index in [1.807, 2.05) is 6.07 Å². The second-order valence-corrected chi connectivity index (χ2v) is 6.18. The van der Waals surface area contributed by atoms with Crippen LogP contribution >= 0.6 is 15.9 Å². The molecule has 0 saturated heterocycles. The summed E-state index contributed by atoms with van der Waals surface area (Å²) in [5.41, 5.74) is 8.61. The molecule has 0 bridgehead atoms. The molecule has 1 fully saturated rings. The molecule has 4 heteroatoms. The van der Waals surface area contributed by atoms with E-state index < -0.39 is 0 Å². The molecule has 106 valence electrons. The van der Waals surface area contributed by atoms with Gasteiger partial charge in [-0.1, -0.05) is 28.8 Å². The van der Waals surface area contributed by atoms with Crippen molar-refractivity contribution < 1.29 is 9.47 Å². The van der Waals surface area contributed by atoms with E-state index in [-0.39, 0.29) is 5.41 Å². The summed E-state index contributed by atoms with van der Waals surface area (Å²) in [6.45, 7) is 1.26. The Labute approximate surface area is 123 Å². The molecule has 1 saturated carbocycles. The van der Waals surface area contributed by atoms with Gasteiger partial charge in [0.05, 0.1) is 13.7 Å². The first-order valence-corrected chi connectivity index (χ1v) is 7.52. The number of methoxy groups -OCH3 is 2. The van der Waals surface area contributed by atoms with Crippen LogP contribution in [0.5, 0.6) is 5.75 Å². The fourth-order valence-corrected chi connectivity index (χ4v) is 3.76. The number of ether oxygens (including phenoxy) is 2. The van der Waals surface area contributed by atoms with Gasteiger partial charge in [-0.25, -0.2) is 0 Å². The summed E-state index contributed by atoms with van der Waals surface area (Å²) in [6, 6.07) is 4.15. The molecule has 1 aromatic carbocycles. The highest BCUT2D eigenvalue weighted by Crippen LogP contribution is 2.46. The monoisotopic (exact) mass is 327 g/mol. The van der Waals surface area contributed by atoms with E-state index in [0.29, 0.717) is 13.2 Å². The number of hydrogen-bond donors (Lipinski definition) is 1. The fraction of sp³-hybridized carbons (Fsp3) is 0.600. The molecule has 0 spiro atoms. The molecular formula is C15H22BrNO2. The molecule has 2 rings (SSSR count). The van der Waals surface area contributed by atoms with Crippen molar-refractivity contribution in [2.24, 2.45) is 5.73 Å². The van der Waals surface area contributed by atoms with Crippen LogP contribution in [0.4, 0.5) is 0 Å². The lowest BCUT2D eigenvalue weighted by Gasteiger charge is -2.32. The Morgan fingerprint density at radius 2 is 1.95 bits per heavy atom. The number of nitrogens with two attached hydrogens (primary N) is 1. The molecular weight excluding hydrogens is 306 g/mol. The quantitative estimate of drug-likeness (QED) is 0.901. The second kappa shape index (κ2) is 6.25. The standard InChI is InChI=1S/C15H22BrNO2/c1-18-9-11-7-12(16)8-13(19-2)14(11)15(10-17)5-3-4-6-15/h7-8H,3-6,9-10,17H2,1-2H3. The van der Waals surface area contributed by atoms with E-state index in [9.17, 15) is 0 Å². The lowest BCUT2D eigenvalue weighted by molar-refractivity contribution is 0.182. The topological polar surface area (TPSA) is 44.5 Å². The highest BCUT2D eigenvalue weighted by molar-refractivity contribution is 9.10. The first kappa shape index (κ1) is 14.8. The normalized spacial score (nSPS) is 17.7. The van der Waals surface area contributed by atoms with Crippen LogP contribution in [0.15, 0.2) is 16.6 Å². The molecule has 1 aliphatic rings. The van der Waals surface area contributed by atoms with E-state index >= 15 is 0 Å². The van der Waals surface area contributed by atoms with E-state index in [2.05, 4.69) is 22.0 Å². The summed E-state index contributed by atoms with van der Waals surface area (Å²) < 4.78 is 12.0. The minimum absolute atomic E-state index is 0.0555. The van der Waals surface area contributed by atoms with Crippen LogP contribution in [0, 0.1) is 0 Å². The van der Waals surface area contributed by atoms with Crippen molar-refractivity contribution in [3.8, 4) is 5.75 Å². The van der Waals surface area contributed by atoms with Crippen molar-refractivity contribution >= 4 is 15.9 Å². The zero-order valence-electron chi connectivity index (χ0n) is 11.7. The van der Waals surface area contributed by atoms with Gasteiger partial charge in [-0.15, -0.1) is 0 Å². The SMILES string of the molecule is COCc1cc(Br)cc(OC)c1C1(CN)CCCC1. The summed E-state index contributed by atoms with van der Waals surface area (Å²) in [4.78, 5) is 0. The molecule has 0 unspecified atom stereocenters. The van der Waals surface area contributed by atoms with Gasteiger partial charge in [-0.2, -0.15) is 0 Å². The van der Waals surface area contributed by atoms with Crippen LogP contribution in [0.1, 0.15) is 36.8 Å². The molecule has 1 aliphatic carbocycles.